The van der Waals surface area contributed by atoms with Gasteiger partial charge in [-0.2, -0.15) is 0 Å². The summed E-state index contributed by atoms with van der Waals surface area (Å²) in [5, 5.41) is 0. The first-order valence-electron chi connectivity index (χ1n) is 2.81. The lowest BCUT2D eigenvalue weighted by molar-refractivity contribution is 0.601. The number of rotatable bonds is 0. The van der Waals surface area contributed by atoms with Crippen LogP contribution in [-0.2, 0) is 9.84 Å². The average molecular weight is 213 g/mol. The number of sulfone groups is 1. The van der Waals surface area contributed by atoms with Gasteiger partial charge in [-0.1, -0.05) is 15.9 Å². The van der Waals surface area contributed by atoms with Crippen molar-refractivity contribution in [2.75, 3.05) is 11.5 Å². The van der Waals surface area contributed by atoms with E-state index in [0.29, 0.717) is 11.5 Å². The van der Waals surface area contributed by atoms with Gasteiger partial charge < -0.3 is 0 Å². The quantitative estimate of drug-likeness (QED) is 0.561. The van der Waals surface area contributed by atoms with E-state index in [2.05, 4.69) is 15.9 Å². The summed E-state index contributed by atoms with van der Waals surface area (Å²) in [5.41, 5.74) is 0. The minimum atomic E-state index is -2.70. The molecule has 4 heteroatoms. The van der Waals surface area contributed by atoms with Gasteiger partial charge in [0.2, 0.25) is 0 Å². The summed E-state index contributed by atoms with van der Waals surface area (Å²) in [6, 6.07) is 0. The lowest BCUT2D eigenvalue weighted by Crippen LogP contribution is -2.16. The van der Waals surface area contributed by atoms with Crippen molar-refractivity contribution in [1.82, 2.24) is 0 Å². The second kappa shape index (κ2) is 1.95. The largest absolute Gasteiger partial charge is 0.229 e. The first-order valence-corrected chi connectivity index (χ1v) is 5.42. The van der Waals surface area contributed by atoms with E-state index in [1.165, 1.54) is 0 Å². The SMILES string of the molecule is C[C@@]1(Br)CCS(=O)(=O)C1. The van der Waals surface area contributed by atoms with Crippen LogP contribution in [0, 0.1) is 0 Å². The monoisotopic (exact) mass is 212 g/mol. The molecule has 1 saturated heterocycles. The van der Waals surface area contributed by atoms with Crippen LogP contribution >= 0.6 is 15.9 Å². The molecule has 0 N–H and O–H groups in total. The van der Waals surface area contributed by atoms with Gasteiger partial charge in [-0.15, -0.1) is 0 Å². The molecule has 1 rings (SSSR count). The van der Waals surface area contributed by atoms with Gasteiger partial charge in [0.1, 0.15) is 0 Å². The molecule has 0 radical (unpaired) electrons. The standard InChI is InChI=1S/C5H9BrO2S/c1-5(6)2-3-9(7,8)4-5/h2-4H2,1H3/t5-/m1/s1. The van der Waals surface area contributed by atoms with Gasteiger partial charge in [0.25, 0.3) is 0 Å². The van der Waals surface area contributed by atoms with E-state index >= 15 is 0 Å². The van der Waals surface area contributed by atoms with Gasteiger partial charge in [-0.3, -0.25) is 0 Å². The lowest BCUT2D eigenvalue weighted by atomic mass is 10.2. The van der Waals surface area contributed by atoms with E-state index in [0.717, 1.165) is 6.42 Å². The minimum absolute atomic E-state index is 0.147. The average Bonchev–Trinajstić information content (AvgIpc) is 1.78. The van der Waals surface area contributed by atoms with Crippen LogP contribution in [0.15, 0.2) is 0 Å². The summed E-state index contributed by atoms with van der Waals surface area (Å²) >= 11 is 3.34. The van der Waals surface area contributed by atoms with Crippen LogP contribution in [0.3, 0.4) is 0 Å². The summed E-state index contributed by atoms with van der Waals surface area (Å²) in [4.78, 5) is 0. The molecular formula is C5H9BrO2S. The molecular weight excluding hydrogens is 204 g/mol. The Morgan fingerprint density at radius 3 is 2.22 bits per heavy atom. The number of alkyl halides is 1. The lowest BCUT2D eigenvalue weighted by Gasteiger charge is -2.09. The first-order chi connectivity index (χ1) is 3.91. The molecule has 1 heterocycles. The van der Waals surface area contributed by atoms with Crippen LogP contribution < -0.4 is 0 Å². The summed E-state index contributed by atoms with van der Waals surface area (Å²) in [7, 11) is -2.70. The van der Waals surface area contributed by atoms with Gasteiger partial charge in [0.15, 0.2) is 9.84 Å². The molecule has 2 nitrogen and oxygen atoms in total. The molecule has 0 aromatic carbocycles. The van der Waals surface area contributed by atoms with E-state index in [9.17, 15) is 8.42 Å². The fourth-order valence-electron chi connectivity index (χ4n) is 0.971. The molecule has 0 unspecified atom stereocenters. The van der Waals surface area contributed by atoms with Crippen molar-refractivity contribution in [3.8, 4) is 0 Å². The third kappa shape index (κ3) is 1.93. The smallest absolute Gasteiger partial charge is 0.151 e. The zero-order chi connectivity index (χ0) is 7.12. The topological polar surface area (TPSA) is 34.1 Å². The zero-order valence-electron chi connectivity index (χ0n) is 5.22. The van der Waals surface area contributed by atoms with Gasteiger partial charge in [-0.25, -0.2) is 8.42 Å². The van der Waals surface area contributed by atoms with Crippen LogP contribution in [0.25, 0.3) is 0 Å². The van der Waals surface area contributed by atoms with Crippen molar-refractivity contribution in [1.29, 1.82) is 0 Å². The van der Waals surface area contributed by atoms with Crippen molar-refractivity contribution in [2.24, 2.45) is 0 Å². The third-order valence-electron chi connectivity index (χ3n) is 1.46. The maximum atomic E-state index is 10.8. The molecule has 1 atom stereocenters. The Bertz CT molecular complexity index is 205. The highest BCUT2D eigenvalue weighted by Gasteiger charge is 2.35. The highest BCUT2D eigenvalue weighted by molar-refractivity contribution is 9.10. The number of halogens is 1. The molecule has 0 spiro atoms. The second-order valence-electron chi connectivity index (χ2n) is 2.76. The number of hydrogen-bond acceptors (Lipinski definition) is 2. The Balaban J connectivity index is 2.81. The highest BCUT2D eigenvalue weighted by Crippen LogP contribution is 2.30. The van der Waals surface area contributed by atoms with Gasteiger partial charge in [0.05, 0.1) is 11.5 Å². The van der Waals surface area contributed by atoms with Crippen molar-refractivity contribution in [2.45, 2.75) is 17.7 Å². The molecule has 0 amide bonds. The fourth-order valence-corrected chi connectivity index (χ4v) is 4.45. The van der Waals surface area contributed by atoms with Gasteiger partial charge in [-0.05, 0) is 13.3 Å². The van der Waals surface area contributed by atoms with Crippen LogP contribution in [0.5, 0.6) is 0 Å². The minimum Gasteiger partial charge on any atom is -0.229 e. The maximum Gasteiger partial charge on any atom is 0.151 e. The Morgan fingerprint density at radius 1 is 1.56 bits per heavy atom. The molecule has 0 aromatic rings. The number of hydrogen-bond donors (Lipinski definition) is 0. The van der Waals surface area contributed by atoms with Gasteiger partial charge in [0, 0.05) is 4.32 Å². The molecule has 9 heavy (non-hydrogen) atoms. The van der Waals surface area contributed by atoms with Crippen LogP contribution in [0.4, 0.5) is 0 Å². The van der Waals surface area contributed by atoms with E-state index in [4.69, 9.17) is 0 Å². The molecule has 1 aliphatic heterocycles. The van der Waals surface area contributed by atoms with Gasteiger partial charge >= 0.3 is 0 Å². The molecule has 54 valence electrons. The molecule has 0 aliphatic carbocycles. The summed E-state index contributed by atoms with van der Waals surface area (Å²) in [5.74, 6) is 0.634. The Kier molecular flexibility index (Phi) is 1.64. The highest BCUT2D eigenvalue weighted by atomic mass is 79.9. The Labute approximate surface area is 63.7 Å². The van der Waals surface area contributed by atoms with Crippen LogP contribution in [0.2, 0.25) is 0 Å². The molecule has 1 fully saturated rings. The van der Waals surface area contributed by atoms with Crippen molar-refractivity contribution >= 4 is 25.8 Å². The zero-order valence-corrected chi connectivity index (χ0v) is 7.63. The first kappa shape index (κ1) is 7.54. The Morgan fingerprint density at radius 2 is 2.11 bits per heavy atom. The van der Waals surface area contributed by atoms with E-state index in [1.807, 2.05) is 6.92 Å². The predicted molar refractivity (Wildman–Crippen MR) is 40.6 cm³/mol. The van der Waals surface area contributed by atoms with Crippen LogP contribution in [-0.4, -0.2) is 24.2 Å². The Hall–Kier alpha value is 0.430. The molecule has 0 bridgehead atoms. The van der Waals surface area contributed by atoms with Crippen molar-refractivity contribution < 1.29 is 8.42 Å². The second-order valence-corrected chi connectivity index (χ2v) is 6.85. The maximum absolute atomic E-state index is 10.8. The predicted octanol–water partition coefficient (Wildman–Crippen LogP) is 0.959. The van der Waals surface area contributed by atoms with E-state index < -0.39 is 9.84 Å². The molecule has 0 saturated carbocycles. The van der Waals surface area contributed by atoms with E-state index in [1.54, 1.807) is 0 Å². The molecule has 1 aliphatic rings. The van der Waals surface area contributed by atoms with Crippen LogP contribution in [0.1, 0.15) is 13.3 Å². The van der Waals surface area contributed by atoms with Crippen molar-refractivity contribution in [3.63, 3.8) is 0 Å². The van der Waals surface area contributed by atoms with Crippen molar-refractivity contribution in [3.05, 3.63) is 0 Å². The normalized spacial score (nSPS) is 41.1. The molecule has 0 aromatic heterocycles. The summed E-state index contributed by atoms with van der Waals surface area (Å²) < 4.78 is 21.5. The summed E-state index contributed by atoms with van der Waals surface area (Å²) in [6.45, 7) is 1.91. The third-order valence-corrected chi connectivity index (χ3v) is 4.41. The fraction of sp³-hybridized carbons (Fsp3) is 1.00. The summed E-state index contributed by atoms with van der Waals surface area (Å²) in [6.07, 6.45) is 0.745. The van der Waals surface area contributed by atoms with E-state index in [-0.39, 0.29) is 4.32 Å².